The van der Waals surface area contributed by atoms with Gasteiger partial charge in [-0.05, 0) is 0 Å². The van der Waals surface area contributed by atoms with Crippen LogP contribution in [0.2, 0.25) is 0 Å². The van der Waals surface area contributed by atoms with Crippen molar-refractivity contribution in [2.75, 3.05) is 0 Å². The van der Waals surface area contributed by atoms with Crippen LogP contribution in [0.15, 0.2) is 0 Å². The third-order valence-electron chi connectivity index (χ3n) is 0. The predicted molar refractivity (Wildman–Crippen MR) is 17.3 cm³/mol. The minimum Gasteiger partial charge on any atom is -1.00 e. The molecule has 8 heavy (non-hydrogen) atoms. The fourth-order valence-corrected chi connectivity index (χ4v) is 0. The van der Waals surface area contributed by atoms with Gasteiger partial charge in [0.05, 0.1) is 0 Å². The molecular weight excluding hydrogens is 342 g/mol. The summed E-state index contributed by atoms with van der Waals surface area (Å²) in [6.45, 7) is 0. The fourth-order valence-electron chi connectivity index (χ4n) is 0. The molecule has 8 heteroatoms. The van der Waals surface area contributed by atoms with Crippen LogP contribution in [0.1, 0.15) is 0 Å². The Morgan fingerprint density at radius 2 is 0.375 bits per heavy atom. The zero-order chi connectivity index (χ0) is 0. The molecule has 0 aromatic carbocycles. The Balaban J connectivity index is 0. The summed E-state index contributed by atoms with van der Waals surface area (Å²) < 4.78 is 0. The minimum absolute atomic E-state index is 0. The number of hydrogen-bond acceptors (Lipinski definition) is 3. The zero-order valence-corrected chi connectivity index (χ0v) is 10.7. The quantitative estimate of drug-likeness (QED) is 0.409. The number of rotatable bonds is 0. The van der Waals surface area contributed by atoms with Crippen LogP contribution in [0.5, 0.6) is 0 Å². The molecular formula is H3Al2Br3O3. The average Bonchev–Trinajstić information content (AvgIpc) is 0. The average molecular weight is 345 g/mol. The van der Waals surface area contributed by atoms with E-state index in [2.05, 4.69) is 0 Å². The van der Waals surface area contributed by atoms with Crippen LogP contribution in [-0.4, -0.2) is 51.2 Å². The van der Waals surface area contributed by atoms with E-state index in [0.717, 1.165) is 0 Å². The molecule has 0 spiro atoms. The molecule has 48 valence electrons. The van der Waals surface area contributed by atoms with Crippen molar-refractivity contribution in [3.05, 3.63) is 0 Å². The molecule has 0 atom stereocenters. The van der Waals surface area contributed by atoms with Crippen molar-refractivity contribution in [2.45, 2.75) is 0 Å². The SMILES string of the molecule is [Al+3].[Al+3].[Br-].[Br-].[Br-].[OH-].[OH-].[OH-]. The van der Waals surface area contributed by atoms with E-state index >= 15 is 0 Å². The second-order valence-electron chi connectivity index (χ2n) is 0. The molecule has 0 unspecified atom stereocenters. The van der Waals surface area contributed by atoms with Crippen molar-refractivity contribution >= 4 is 34.7 Å². The Kier molecular flexibility index (Phi) is 2330. The molecule has 0 aliphatic carbocycles. The Morgan fingerprint density at radius 1 is 0.375 bits per heavy atom. The minimum atomic E-state index is 0. The van der Waals surface area contributed by atoms with Crippen molar-refractivity contribution in [3.63, 3.8) is 0 Å². The van der Waals surface area contributed by atoms with Gasteiger partial charge in [-0.3, -0.25) is 0 Å². The van der Waals surface area contributed by atoms with Gasteiger partial charge in [-0.2, -0.15) is 0 Å². The molecule has 0 aromatic heterocycles. The molecule has 0 aliphatic rings. The zero-order valence-electron chi connectivity index (χ0n) is 3.63. The predicted octanol–water partition coefficient (Wildman–Crippen LogP) is -10.3. The first-order chi connectivity index (χ1) is 0. The summed E-state index contributed by atoms with van der Waals surface area (Å²) in [5.74, 6) is 0. The second-order valence-corrected chi connectivity index (χ2v) is 0. The third-order valence-corrected chi connectivity index (χ3v) is 0. The van der Waals surface area contributed by atoms with Crippen molar-refractivity contribution in [1.82, 2.24) is 0 Å². The first-order valence-corrected chi connectivity index (χ1v) is 0. The Morgan fingerprint density at radius 3 is 0.375 bits per heavy atom. The van der Waals surface area contributed by atoms with E-state index in [1.165, 1.54) is 0 Å². The smallest absolute Gasteiger partial charge is 1.00 e. The first kappa shape index (κ1) is 161. The van der Waals surface area contributed by atoms with Crippen molar-refractivity contribution < 1.29 is 67.4 Å². The van der Waals surface area contributed by atoms with Crippen LogP contribution in [0.3, 0.4) is 0 Å². The van der Waals surface area contributed by atoms with E-state index in [1.54, 1.807) is 0 Å². The molecule has 0 aliphatic heterocycles. The third kappa shape index (κ3) is 80.4. The maximum absolute atomic E-state index is 0. The van der Waals surface area contributed by atoms with Crippen LogP contribution in [-0.2, 0) is 0 Å². The maximum Gasteiger partial charge on any atom is 3.00 e. The van der Waals surface area contributed by atoms with Crippen LogP contribution in [0.25, 0.3) is 0 Å². The summed E-state index contributed by atoms with van der Waals surface area (Å²) in [5, 5.41) is 0. The monoisotopic (exact) mass is 342 g/mol. The number of hydrogen-bond donors (Lipinski definition) is 0. The fraction of sp³-hybridized carbons (Fsp3) is 0. The van der Waals surface area contributed by atoms with Gasteiger partial charge in [-0.1, -0.05) is 0 Å². The molecule has 0 aromatic rings. The molecule has 0 saturated carbocycles. The van der Waals surface area contributed by atoms with Gasteiger partial charge in [0.25, 0.3) is 0 Å². The van der Waals surface area contributed by atoms with Crippen LogP contribution < -0.4 is 50.9 Å². The van der Waals surface area contributed by atoms with Gasteiger partial charge >= 0.3 is 34.7 Å². The summed E-state index contributed by atoms with van der Waals surface area (Å²) in [6, 6.07) is 0. The van der Waals surface area contributed by atoms with Gasteiger partial charge in [0, 0.05) is 0 Å². The van der Waals surface area contributed by atoms with E-state index in [4.69, 9.17) is 0 Å². The van der Waals surface area contributed by atoms with Gasteiger partial charge in [0.1, 0.15) is 0 Å². The molecule has 0 heterocycles. The van der Waals surface area contributed by atoms with Gasteiger partial charge in [-0.15, -0.1) is 0 Å². The summed E-state index contributed by atoms with van der Waals surface area (Å²) in [5.41, 5.74) is 0. The van der Waals surface area contributed by atoms with E-state index in [9.17, 15) is 0 Å². The molecule has 0 fully saturated rings. The Hall–Kier alpha value is 2.38. The summed E-state index contributed by atoms with van der Waals surface area (Å²) in [6.07, 6.45) is 0. The molecule has 0 amide bonds. The standard InChI is InChI=1S/2Al.3BrH.3H2O/h;;3*1H;3*1H2/q2*+3;;;;;;/p-6. The Bertz CT molecular complexity index is 12.5. The largest absolute Gasteiger partial charge is 3.00 e. The molecule has 3 N–H and O–H groups in total. The number of halogens is 3. The molecule has 0 rings (SSSR count). The summed E-state index contributed by atoms with van der Waals surface area (Å²) in [7, 11) is 0. The molecule has 0 saturated heterocycles. The molecule has 0 radical (unpaired) electrons. The van der Waals surface area contributed by atoms with Gasteiger partial charge < -0.3 is 67.4 Å². The molecule has 0 bridgehead atoms. The van der Waals surface area contributed by atoms with Crippen LogP contribution in [0.4, 0.5) is 0 Å². The van der Waals surface area contributed by atoms with Crippen molar-refractivity contribution in [3.8, 4) is 0 Å². The Labute approximate surface area is 101 Å². The summed E-state index contributed by atoms with van der Waals surface area (Å²) >= 11 is 0. The van der Waals surface area contributed by atoms with Crippen molar-refractivity contribution in [2.24, 2.45) is 0 Å². The van der Waals surface area contributed by atoms with Gasteiger partial charge in [-0.25, -0.2) is 0 Å². The molecule has 3 nitrogen and oxygen atoms in total. The van der Waals surface area contributed by atoms with E-state index in [1.807, 2.05) is 0 Å². The van der Waals surface area contributed by atoms with E-state index in [-0.39, 0.29) is 102 Å². The topological polar surface area (TPSA) is 90.0 Å². The van der Waals surface area contributed by atoms with Crippen molar-refractivity contribution in [1.29, 1.82) is 0 Å². The van der Waals surface area contributed by atoms with Crippen LogP contribution >= 0.6 is 0 Å². The first-order valence-electron chi connectivity index (χ1n) is 0. The van der Waals surface area contributed by atoms with E-state index < -0.39 is 0 Å². The summed E-state index contributed by atoms with van der Waals surface area (Å²) in [4.78, 5) is 0. The van der Waals surface area contributed by atoms with Gasteiger partial charge in [0.2, 0.25) is 0 Å². The van der Waals surface area contributed by atoms with E-state index in [0.29, 0.717) is 0 Å². The van der Waals surface area contributed by atoms with Gasteiger partial charge in [0.15, 0.2) is 0 Å². The normalized spacial score (nSPS) is 0. The second kappa shape index (κ2) is 116. The maximum atomic E-state index is 0. The van der Waals surface area contributed by atoms with Crippen LogP contribution in [0, 0.1) is 0 Å².